The van der Waals surface area contributed by atoms with Crippen molar-refractivity contribution in [3.8, 4) is 0 Å². The molecular formula is C13H22BrN3. The third-order valence-electron chi connectivity index (χ3n) is 3.36. The third-order valence-corrected chi connectivity index (χ3v) is 4.33. The molecule has 0 spiro atoms. The third kappa shape index (κ3) is 3.60. The smallest absolute Gasteiger partial charge is 0.140 e. The van der Waals surface area contributed by atoms with Gasteiger partial charge in [0.2, 0.25) is 0 Å². The number of anilines is 2. The van der Waals surface area contributed by atoms with E-state index in [-0.39, 0.29) is 0 Å². The van der Waals surface area contributed by atoms with Gasteiger partial charge in [-0.2, -0.15) is 0 Å². The lowest BCUT2D eigenvalue weighted by molar-refractivity contribution is 0.274. The van der Waals surface area contributed by atoms with Crippen molar-refractivity contribution >= 4 is 27.4 Å². The van der Waals surface area contributed by atoms with Crippen LogP contribution in [0.1, 0.15) is 33.3 Å². The van der Waals surface area contributed by atoms with Gasteiger partial charge in [0.25, 0.3) is 0 Å². The molecule has 1 unspecified atom stereocenters. The van der Waals surface area contributed by atoms with Crippen LogP contribution >= 0.6 is 15.9 Å². The molecule has 0 aliphatic rings. The first kappa shape index (κ1) is 14.3. The van der Waals surface area contributed by atoms with Crippen molar-refractivity contribution in [2.45, 2.75) is 34.6 Å². The van der Waals surface area contributed by atoms with E-state index < -0.39 is 0 Å². The van der Waals surface area contributed by atoms with Crippen LogP contribution in [0, 0.1) is 18.3 Å². The number of aromatic nitrogens is 1. The Kier molecular flexibility index (Phi) is 4.42. The molecule has 0 saturated heterocycles. The van der Waals surface area contributed by atoms with Gasteiger partial charge in [-0.05, 0) is 39.8 Å². The summed E-state index contributed by atoms with van der Waals surface area (Å²) in [6.07, 6.45) is 1.70. The number of nitrogen functional groups attached to an aromatic ring is 1. The molecule has 1 heterocycles. The maximum atomic E-state index is 5.79. The molecule has 0 saturated carbocycles. The highest BCUT2D eigenvalue weighted by Gasteiger charge is 2.20. The summed E-state index contributed by atoms with van der Waals surface area (Å²) in [5.41, 5.74) is 7.84. The Bertz CT molecular complexity index is 396. The van der Waals surface area contributed by atoms with Gasteiger partial charge in [-0.25, -0.2) is 4.98 Å². The number of nitrogens with two attached hydrogens (primary N) is 1. The van der Waals surface area contributed by atoms with Gasteiger partial charge in [0, 0.05) is 6.54 Å². The molecule has 3 nitrogen and oxygen atoms in total. The Hall–Kier alpha value is -0.770. The Balaban J connectivity index is 2.74. The van der Waals surface area contributed by atoms with E-state index in [1.165, 1.54) is 0 Å². The van der Waals surface area contributed by atoms with E-state index >= 15 is 0 Å². The molecule has 0 aromatic carbocycles. The summed E-state index contributed by atoms with van der Waals surface area (Å²) in [5.74, 6) is 1.43. The second kappa shape index (κ2) is 5.25. The molecule has 0 radical (unpaired) electrons. The van der Waals surface area contributed by atoms with Crippen molar-refractivity contribution in [2.24, 2.45) is 11.3 Å². The van der Waals surface area contributed by atoms with Crippen molar-refractivity contribution < 1.29 is 0 Å². The minimum atomic E-state index is 0.294. The summed E-state index contributed by atoms with van der Waals surface area (Å²) >= 11 is 3.53. The molecular weight excluding hydrogens is 278 g/mol. The largest absolute Gasteiger partial charge is 0.397 e. The van der Waals surface area contributed by atoms with Crippen molar-refractivity contribution in [3.63, 3.8) is 0 Å². The van der Waals surface area contributed by atoms with Crippen LogP contribution in [-0.4, -0.2) is 11.5 Å². The standard InChI is InChI=1S/C13H22BrN3/c1-8(13(3,4)5)6-16-12-11(14)9(2)10(15)7-17-12/h7-8H,6,15H2,1-5H3,(H,16,17). The number of nitrogens with zero attached hydrogens (tertiary/aromatic N) is 1. The van der Waals surface area contributed by atoms with Gasteiger partial charge in [-0.15, -0.1) is 0 Å². The molecule has 0 aliphatic heterocycles. The lowest BCUT2D eigenvalue weighted by atomic mass is 9.82. The Morgan fingerprint density at radius 3 is 2.59 bits per heavy atom. The summed E-state index contributed by atoms with van der Waals surface area (Å²) in [6.45, 7) is 11.9. The summed E-state index contributed by atoms with van der Waals surface area (Å²) < 4.78 is 0.957. The van der Waals surface area contributed by atoms with Gasteiger partial charge in [0.05, 0.1) is 16.4 Å². The molecule has 17 heavy (non-hydrogen) atoms. The second-order valence-electron chi connectivity index (χ2n) is 5.65. The highest BCUT2D eigenvalue weighted by atomic mass is 79.9. The Morgan fingerprint density at radius 2 is 2.06 bits per heavy atom. The quantitative estimate of drug-likeness (QED) is 0.892. The van der Waals surface area contributed by atoms with Crippen molar-refractivity contribution in [3.05, 3.63) is 16.2 Å². The fourth-order valence-electron chi connectivity index (χ4n) is 1.27. The van der Waals surface area contributed by atoms with Gasteiger partial charge in [0.1, 0.15) is 5.82 Å². The molecule has 0 aliphatic carbocycles. The summed E-state index contributed by atoms with van der Waals surface area (Å²) in [5, 5.41) is 3.37. The molecule has 0 fully saturated rings. The number of hydrogen-bond donors (Lipinski definition) is 2. The minimum absolute atomic E-state index is 0.294. The van der Waals surface area contributed by atoms with Gasteiger partial charge in [-0.1, -0.05) is 27.7 Å². The van der Waals surface area contributed by atoms with Crippen LogP contribution in [0.25, 0.3) is 0 Å². The fourth-order valence-corrected chi connectivity index (χ4v) is 1.74. The summed E-state index contributed by atoms with van der Waals surface area (Å²) in [7, 11) is 0. The molecule has 0 amide bonds. The van der Waals surface area contributed by atoms with Gasteiger partial charge in [-0.3, -0.25) is 0 Å². The first-order valence-electron chi connectivity index (χ1n) is 5.88. The average molecular weight is 300 g/mol. The Labute approximate surface area is 112 Å². The van der Waals surface area contributed by atoms with Crippen LogP contribution in [0.15, 0.2) is 10.7 Å². The van der Waals surface area contributed by atoms with Crippen LogP contribution in [0.4, 0.5) is 11.5 Å². The van der Waals surface area contributed by atoms with E-state index in [1.54, 1.807) is 6.20 Å². The van der Waals surface area contributed by atoms with E-state index in [0.29, 0.717) is 17.0 Å². The number of hydrogen-bond acceptors (Lipinski definition) is 3. The van der Waals surface area contributed by atoms with Crippen LogP contribution in [0.5, 0.6) is 0 Å². The molecule has 4 heteroatoms. The zero-order valence-corrected chi connectivity index (χ0v) is 12.9. The molecule has 3 N–H and O–H groups in total. The maximum Gasteiger partial charge on any atom is 0.140 e. The van der Waals surface area contributed by atoms with Gasteiger partial charge >= 0.3 is 0 Å². The molecule has 0 bridgehead atoms. The maximum absolute atomic E-state index is 5.79. The fraction of sp³-hybridized carbons (Fsp3) is 0.615. The van der Waals surface area contributed by atoms with E-state index in [1.807, 2.05) is 6.92 Å². The predicted molar refractivity (Wildman–Crippen MR) is 78.2 cm³/mol. The van der Waals surface area contributed by atoms with Gasteiger partial charge in [0.15, 0.2) is 0 Å². The van der Waals surface area contributed by atoms with Crippen LogP contribution in [0.3, 0.4) is 0 Å². The van der Waals surface area contributed by atoms with Crippen LogP contribution in [0.2, 0.25) is 0 Å². The van der Waals surface area contributed by atoms with Crippen molar-refractivity contribution in [1.82, 2.24) is 4.98 Å². The number of pyridine rings is 1. The normalized spacial score (nSPS) is 13.5. The SMILES string of the molecule is Cc1c(N)cnc(NCC(C)C(C)(C)C)c1Br. The van der Waals surface area contributed by atoms with Crippen molar-refractivity contribution in [1.29, 1.82) is 0 Å². The highest BCUT2D eigenvalue weighted by molar-refractivity contribution is 9.10. The lowest BCUT2D eigenvalue weighted by Crippen LogP contribution is -2.25. The summed E-state index contributed by atoms with van der Waals surface area (Å²) in [4.78, 5) is 4.31. The minimum Gasteiger partial charge on any atom is -0.397 e. The van der Waals surface area contributed by atoms with E-state index in [4.69, 9.17) is 5.73 Å². The van der Waals surface area contributed by atoms with Crippen LogP contribution in [-0.2, 0) is 0 Å². The van der Waals surface area contributed by atoms with E-state index in [0.717, 1.165) is 22.4 Å². The monoisotopic (exact) mass is 299 g/mol. The van der Waals surface area contributed by atoms with E-state index in [9.17, 15) is 0 Å². The second-order valence-corrected chi connectivity index (χ2v) is 6.44. The van der Waals surface area contributed by atoms with Crippen molar-refractivity contribution in [2.75, 3.05) is 17.6 Å². The Morgan fingerprint density at radius 1 is 1.47 bits per heavy atom. The first-order chi connectivity index (χ1) is 7.73. The average Bonchev–Trinajstić information content (AvgIpc) is 2.23. The molecule has 1 atom stereocenters. The molecule has 1 rings (SSSR count). The first-order valence-corrected chi connectivity index (χ1v) is 6.67. The molecule has 1 aromatic heterocycles. The predicted octanol–water partition coefficient (Wildman–Crippen LogP) is 3.83. The summed E-state index contributed by atoms with van der Waals surface area (Å²) in [6, 6.07) is 0. The topological polar surface area (TPSA) is 50.9 Å². The number of halogens is 1. The number of rotatable bonds is 3. The van der Waals surface area contributed by atoms with Gasteiger partial charge < -0.3 is 11.1 Å². The highest BCUT2D eigenvalue weighted by Crippen LogP contribution is 2.29. The molecule has 96 valence electrons. The van der Waals surface area contributed by atoms with Crippen LogP contribution < -0.4 is 11.1 Å². The lowest BCUT2D eigenvalue weighted by Gasteiger charge is -2.27. The zero-order valence-electron chi connectivity index (χ0n) is 11.3. The number of nitrogens with one attached hydrogen (secondary N) is 1. The zero-order chi connectivity index (χ0) is 13.2. The van der Waals surface area contributed by atoms with E-state index in [2.05, 4.69) is 53.9 Å². The molecule has 1 aromatic rings.